The molecule has 0 amide bonds. The maximum absolute atomic E-state index is 10.4. The first kappa shape index (κ1) is 43.1. The van der Waals surface area contributed by atoms with E-state index in [4.69, 9.17) is 47.4 Å². The van der Waals surface area contributed by atoms with E-state index in [0.29, 0.717) is 101 Å². The van der Waals surface area contributed by atoms with Gasteiger partial charge in [-0.05, 0) is 133 Å². The molecule has 6 fully saturated rings. The molecular formula is C42H74O12. The highest BCUT2D eigenvalue weighted by Crippen LogP contribution is 2.31. The maximum Gasteiger partial charge on any atom is 0.154 e. The molecular weight excluding hydrogens is 696 g/mol. The summed E-state index contributed by atoms with van der Waals surface area (Å²) in [6.07, 6.45) is 17.6. The molecule has 2 aliphatic heterocycles. The lowest BCUT2D eigenvalue weighted by atomic mass is 9.88. The molecule has 0 aromatic carbocycles. The van der Waals surface area contributed by atoms with Gasteiger partial charge in [0.25, 0.3) is 0 Å². The van der Waals surface area contributed by atoms with E-state index >= 15 is 0 Å². The molecule has 4 atom stereocenters. The topological polar surface area (TPSA) is 139 Å². The summed E-state index contributed by atoms with van der Waals surface area (Å²) < 4.78 is 58.4. The summed E-state index contributed by atoms with van der Waals surface area (Å²) >= 11 is 0. The lowest BCUT2D eigenvalue weighted by Crippen LogP contribution is -2.31. The highest BCUT2D eigenvalue weighted by atomic mass is 16.7. The van der Waals surface area contributed by atoms with Crippen molar-refractivity contribution in [2.45, 2.75) is 165 Å². The van der Waals surface area contributed by atoms with Crippen molar-refractivity contribution in [1.29, 1.82) is 0 Å². The van der Waals surface area contributed by atoms with Gasteiger partial charge in [0.1, 0.15) is 24.4 Å². The van der Waals surface area contributed by atoms with E-state index in [-0.39, 0.29) is 18.5 Å². The Morgan fingerprint density at radius 1 is 0.426 bits per heavy atom. The van der Waals surface area contributed by atoms with E-state index in [0.717, 1.165) is 129 Å². The van der Waals surface area contributed by atoms with Crippen molar-refractivity contribution in [2.75, 3.05) is 79.3 Å². The van der Waals surface area contributed by atoms with E-state index in [2.05, 4.69) is 0 Å². The zero-order chi connectivity index (χ0) is 37.4. The fourth-order valence-electron chi connectivity index (χ4n) is 8.60. The van der Waals surface area contributed by atoms with Crippen LogP contribution < -0.4 is 0 Å². The number of hydrogen-bond donors (Lipinski definition) is 2. The van der Waals surface area contributed by atoms with Crippen LogP contribution in [0.5, 0.6) is 0 Å². The van der Waals surface area contributed by atoms with Gasteiger partial charge >= 0.3 is 0 Å². The summed E-state index contributed by atoms with van der Waals surface area (Å²) in [7, 11) is 0. The SMILES string of the molecule is CC(OCC1CCC(OCC(O)COCC2CCC(OCC3CO3)CC2)CC1)OCC1CCC(OCC(O)COCC2CCC(OCC3CO3)CC2)CC1. The third kappa shape index (κ3) is 17.2. The van der Waals surface area contributed by atoms with Crippen molar-refractivity contribution in [3.63, 3.8) is 0 Å². The average molecular weight is 771 g/mol. The molecule has 4 saturated carbocycles. The molecule has 0 bridgehead atoms. The van der Waals surface area contributed by atoms with Crippen molar-refractivity contribution in [3.8, 4) is 0 Å². The number of epoxide rings is 2. The summed E-state index contributed by atoms with van der Waals surface area (Å²) in [6.45, 7) is 9.37. The van der Waals surface area contributed by atoms with Gasteiger partial charge in [-0.2, -0.15) is 0 Å². The zero-order valence-electron chi connectivity index (χ0n) is 33.3. The van der Waals surface area contributed by atoms with Gasteiger partial charge in [-0.25, -0.2) is 0 Å². The van der Waals surface area contributed by atoms with Crippen LogP contribution in [0.25, 0.3) is 0 Å². The first-order valence-electron chi connectivity index (χ1n) is 21.9. The van der Waals surface area contributed by atoms with Gasteiger partial charge in [-0.3, -0.25) is 0 Å². The molecule has 12 nitrogen and oxygen atoms in total. The molecule has 0 spiro atoms. The van der Waals surface area contributed by atoms with E-state index in [1.54, 1.807) is 0 Å². The minimum Gasteiger partial charge on any atom is -0.388 e. The third-order valence-corrected chi connectivity index (χ3v) is 12.5. The van der Waals surface area contributed by atoms with Crippen molar-refractivity contribution in [1.82, 2.24) is 0 Å². The number of ether oxygens (including phenoxy) is 10. The Morgan fingerprint density at radius 2 is 0.741 bits per heavy atom. The van der Waals surface area contributed by atoms with Gasteiger partial charge in [0.05, 0.1) is 90.5 Å². The Kier molecular flexibility index (Phi) is 19.0. The van der Waals surface area contributed by atoms with Crippen LogP contribution in [-0.2, 0) is 47.4 Å². The van der Waals surface area contributed by atoms with Gasteiger partial charge < -0.3 is 57.6 Å². The summed E-state index contributed by atoms with van der Waals surface area (Å²) in [6, 6.07) is 0. The Bertz CT molecular complexity index is 890. The molecule has 12 heteroatoms. The van der Waals surface area contributed by atoms with Gasteiger partial charge in [-0.1, -0.05) is 0 Å². The van der Waals surface area contributed by atoms with Gasteiger partial charge in [0, 0.05) is 13.2 Å². The van der Waals surface area contributed by atoms with Crippen molar-refractivity contribution in [3.05, 3.63) is 0 Å². The van der Waals surface area contributed by atoms with Crippen LogP contribution in [0.1, 0.15) is 110 Å². The first-order chi connectivity index (χ1) is 26.4. The molecule has 2 saturated heterocycles. The second kappa shape index (κ2) is 23.8. The molecule has 0 radical (unpaired) electrons. The normalized spacial score (nSPS) is 36.1. The van der Waals surface area contributed by atoms with Gasteiger partial charge in [-0.15, -0.1) is 0 Å². The lowest BCUT2D eigenvalue weighted by molar-refractivity contribution is -0.153. The number of aliphatic hydroxyl groups is 2. The van der Waals surface area contributed by atoms with Crippen LogP contribution in [0, 0.1) is 23.7 Å². The fraction of sp³-hybridized carbons (Fsp3) is 1.00. The van der Waals surface area contributed by atoms with Crippen molar-refractivity contribution >= 4 is 0 Å². The number of aliphatic hydroxyl groups excluding tert-OH is 2. The smallest absolute Gasteiger partial charge is 0.154 e. The molecule has 2 N–H and O–H groups in total. The standard InChI is InChI=1S/C42H74O12/c1-30(47-20-33-6-14-37(15-7-33)49-24-35(43)22-45-18-31-2-10-39(11-3-31)51-26-41-28-53-41)48-21-34-8-16-38(17-9-34)50-25-36(44)23-46-19-32-4-12-40(13-5-32)52-27-42-29-54-42/h30-44H,2-29H2,1H3. The van der Waals surface area contributed by atoms with Gasteiger partial charge in [0.15, 0.2) is 6.29 Å². The number of rotatable bonds is 26. The molecule has 6 aliphatic rings. The highest BCUT2D eigenvalue weighted by molar-refractivity contribution is 4.78. The van der Waals surface area contributed by atoms with E-state index < -0.39 is 12.2 Å². The van der Waals surface area contributed by atoms with Crippen LogP contribution in [0.2, 0.25) is 0 Å². The Morgan fingerprint density at radius 3 is 1.07 bits per heavy atom. The molecule has 4 aliphatic carbocycles. The third-order valence-electron chi connectivity index (χ3n) is 12.5. The molecule has 0 aromatic heterocycles. The number of hydrogen-bond acceptors (Lipinski definition) is 12. The minimum atomic E-state index is -0.581. The Labute approximate surface area is 324 Å². The maximum atomic E-state index is 10.4. The lowest BCUT2D eigenvalue weighted by Gasteiger charge is -2.31. The summed E-state index contributed by atoms with van der Waals surface area (Å²) in [4.78, 5) is 0. The molecule has 314 valence electrons. The van der Waals surface area contributed by atoms with E-state index in [9.17, 15) is 10.2 Å². The summed E-state index contributed by atoms with van der Waals surface area (Å²) in [5.74, 6) is 2.15. The molecule has 6 rings (SSSR count). The predicted molar refractivity (Wildman–Crippen MR) is 201 cm³/mol. The van der Waals surface area contributed by atoms with Crippen molar-refractivity contribution in [2.24, 2.45) is 23.7 Å². The molecule has 0 aromatic rings. The molecule has 2 heterocycles. The summed E-state index contributed by atoms with van der Waals surface area (Å²) in [5, 5.41) is 20.8. The van der Waals surface area contributed by atoms with Crippen LogP contribution in [0.4, 0.5) is 0 Å². The Balaban J connectivity index is 0.696. The highest BCUT2D eigenvalue weighted by Gasteiger charge is 2.30. The molecule has 4 unspecified atom stereocenters. The van der Waals surface area contributed by atoms with Gasteiger partial charge in [0.2, 0.25) is 0 Å². The predicted octanol–water partition coefficient (Wildman–Crippen LogP) is 5.22. The van der Waals surface area contributed by atoms with Crippen LogP contribution in [0.3, 0.4) is 0 Å². The van der Waals surface area contributed by atoms with E-state index in [1.807, 2.05) is 6.92 Å². The molecule has 54 heavy (non-hydrogen) atoms. The minimum absolute atomic E-state index is 0.199. The Hall–Kier alpha value is -0.480. The van der Waals surface area contributed by atoms with Crippen molar-refractivity contribution < 1.29 is 57.6 Å². The monoisotopic (exact) mass is 771 g/mol. The fourth-order valence-corrected chi connectivity index (χ4v) is 8.60. The first-order valence-corrected chi connectivity index (χ1v) is 21.9. The zero-order valence-corrected chi connectivity index (χ0v) is 33.3. The van der Waals surface area contributed by atoms with E-state index in [1.165, 1.54) is 0 Å². The largest absolute Gasteiger partial charge is 0.388 e. The quantitative estimate of drug-likeness (QED) is 0.0881. The van der Waals surface area contributed by atoms with Crippen LogP contribution in [0.15, 0.2) is 0 Å². The average Bonchev–Trinajstić information content (AvgIpc) is 4.15. The summed E-state index contributed by atoms with van der Waals surface area (Å²) in [5.41, 5.74) is 0. The van der Waals surface area contributed by atoms with Crippen LogP contribution >= 0.6 is 0 Å². The second-order valence-corrected chi connectivity index (χ2v) is 17.4. The van der Waals surface area contributed by atoms with Crippen LogP contribution in [-0.4, -0.2) is 145 Å². The second-order valence-electron chi connectivity index (χ2n) is 17.4.